The Hall–Kier alpha value is -1.49. The van der Waals surface area contributed by atoms with E-state index in [0.29, 0.717) is 6.42 Å². The summed E-state index contributed by atoms with van der Waals surface area (Å²) in [5, 5.41) is 5.21. The molecule has 0 saturated carbocycles. The number of nitrogens with zero attached hydrogens (tertiary/aromatic N) is 1. The molecule has 0 spiro atoms. The van der Waals surface area contributed by atoms with Crippen LogP contribution in [0.4, 0.5) is 0 Å². The molecule has 0 amide bonds. The number of hydrazone groups is 1. The highest BCUT2D eigenvalue weighted by Gasteiger charge is 2.33. The first-order valence-corrected chi connectivity index (χ1v) is 6.52. The minimum atomic E-state index is -0.332. The van der Waals surface area contributed by atoms with Crippen molar-refractivity contribution in [1.82, 2.24) is 5.43 Å². The molecule has 1 aliphatic heterocycles. The number of ether oxygens (including phenoxy) is 1. The van der Waals surface area contributed by atoms with Crippen LogP contribution in [0, 0.1) is 0 Å². The molecule has 0 aromatic heterocycles. The van der Waals surface area contributed by atoms with Crippen LogP contribution in [0.5, 0.6) is 5.75 Å². The Morgan fingerprint density at radius 1 is 1.44 bits per heavy atom. The molecule has 0 fully saturated rings. The average molecular weight is 264 g/mol. The van der Waals surface area contributed by atoms with E-state index in [-0.39, 0.29) is 10.7 Å². The van der Waals surface area contributed by atoms with Gasteiger partial charge in [0.2, 0.25) is 0 Å². The van der Waals surface area contributed by atoms with E-state index in [1.807, 2.05) is 31.2 Å². The number of hydrogen-bond acceptors (Lipinski definition) is 5. The van der Waals surface area contributed by atoms with Crippen LogP contribution in [0.25, 0.3) is 0 Å². The van der Waals surface area contributed by atoms with Crippen LogP contribution in [0.2, 0.25) is 0 Å². The summed E-state index contributed by atoms with van der Waals surface area (Å²) in [6.07, 6.45) is 0.459. The zero-order chi connectivity index (χ0) is 13.2. The molecule has 96 valence electrons. The maximum Gasteiger partial charge on any atom is 0.133 e. The average Bonchev–Trinajstić information content (AvgIpc) is 2.70. The molecule has 0 aliphatic carbocycles. The number of carbonyl (C=O) groups excluding carboxylic acids is 1. The van der Waals surface area contributed by atoms with Crippen molar-refractivity contribution in [3.8, 4) is 5.75 Å². The normalized spacial score (nSPS) is 22.3. The van der Waals surface area contributed by atoms with Gasteiger partial charge >= 0.3 is 0 Å². The second kappa shape index (κ2) is 5.02. The third-order valence-electron chi connectivity index (χ3n) is 2.64. The van der Waals surface area contributed by atoms with E-state index in [2.05, 4.69) is 10.5 Å². The number of hydrogen-bond donors (Lipinski definition) is 1. The van der Waals surface area contributed by atoms with Crippen molar-refractivity contribution in [2.24, 2.45) is 5.10 Å². The van der Waals surface area contributed by atoms with Gasteiger partial charge in [0, 0.05) is 12.0 Å². The maximum atomic E-state index is 11.2. The van der Waals surface area contributed by atoms with E-state index in [1.54, 1.807) is 25.8 Å². The second-order valence-electron chi connectivity index (χ2n) is 4.47. The van der Waals surface area contributed by atoms with Crippen molar-refractivity contribution in [3.63, 3.8) is 0 Å². The molecule has 1 aliphatic rings. The quantitative estimate of drug-likeness (QED) is 0.907. The molecule has 0 bridgehead atoms. The fourth-order valence-corrected chi connectivity index (χ4v) is 2.97. The number of thioether (sulfide) groups is 1. The third kappa shape index (κ3) is 2.85. The molecule has 4 nitrogen and oxygen atoms in total. The van der Waals surface area contributed by atoms with Gasteiger partial charge in [0.1, 0.15) is 21.4 Å². The van der Waals surface area contributed by atoms with Crippen molar-refractivity contribution in [3.05, 3.63) is 29.8 Å². The predicted octanol–water partition coefficient (Wildman–Crippen LogP) is 2.39. The molecule has 0 radical (unpaired) electrons. The van der Waals surface area contributed by atoms with Crippen LogP contribution >= 0.6 is 11.8 Å². The summed E-state index contributed by atoms with van der Waals surface area (Å²) in [5.41, 5.74) is 4.07. The molecule has 1 aromatic rings. The Morgan fingerprint density at radius 2 is 2.11 bits per heavy atom. The van der Waals surface area contributed by atoms with Crippen molar-refractivity contribution < 1.29 is 9.53 Å². The maximum absolute atomic E-state index is 11.2. The van der Waals surface area contributed by atoms with Gasteiger partial charge in [0.05, 0.1) is 7.11 Å². The minimum Gasteiger partial charge on any atom is -0.497 e. The Morgan fingerprint density at radius 3 is 2.67 bits per heavy atom. The van der Waals surface area contributed by atoms with Gasteiger partial charge in [0.25, 0.3) is 0 Å². The van der Waals surface area contributed by atoms with E-state index in [4.69, 9.17) is 4.74 Å². The fourth-order valence-electron chi connectivity index (χ4n) is 1.84. The van der Waals surface area contributed by atoms with E-state index in [1.165, 1.54) is 0 Å². The highest BCUT2D eigenvalue weighted by atomic mass is 32.2. The van der Waals surface area contributed by atoms with E-state index < -0.39 is 0 Å². The molecule has 1 unspecified atom stereocenters. The lowest BCUT2D eigenvalue weighted by Gasteiger charge is -2.20. The summed E-state index contributed by atoms with van der Waals surface area (Å²) >= 11 is 1.59. The molecule has 5 heteroatoms. The zero-order valence-corrected chi connectivity index (χ0v) is 11.5. The van der Waals surface area contributed by atoms with Crippen LogP contribution in [0.15, 0.2) is 29.4 Å². The molecule has 18 heavy (non-hydrogen) atoms. The zero-order valence-electron chi connectivity index (χ0n) is 10.7. The number of nitrogens with one attached hydrogen (secondary N) is 1. The molecule has 2 rings (SSSR count). The molecule has 0 saturated heterocycles. The molecule has 1 aromatic carbocycles. The summed E-state index contributed by atoms with van der Waals surface area (Å²) in [4.78, 5) is 10.9. The summed E-state index contributed by atoms with van der Waals surface area (Å²) < 4.78 is 5.12. The Kier molecular flexibility index (Phi) is 3.61. The number of benzene rings is 1. The lowest BCUT2D eigenvalue weighted by Crippen LogP contribution is -2.33. The number of carbonyl (C=O) groups is 1. The standard InChI is InChI=1S/C13H16N2O2S/c1-9(16)8-13(2)15-14-12(18-13)10-4-6-11(17-3)7-5-10/h4-7,15H,8H2,1-3H3. The topological polar surface area (TPSA) is 50.7 Å². The smallest absolute Gasteiger partial charge is 0.133 e. The highest BCUT2D eigenvalue weighted by molar-refractivity contribution is 8.15. The Labute approximate surface area is 111 Å². The largest absolute Gasteiger partial charge is 0.497 e. The monoisotopic (exact) mass is 264 g/mol. The number of Topliss-reactive ketones (excluding diaryl/α,β-unsaturated/α-hetero) is 1. The van der Waals surface area contributed by atoms with Crippen LogP contribution in [-0.2, 0) is 4.79 Å². The van der Waals surface area contributed by atoms with Gasteiger partial charge in [0.15, 0.2) is 0 Å². The van der Waals surface area contributed by atoms with Gasteiger partial charge in [-0.2, -0.15) is 5.10 Å². The first kappa shape index (κ1) is 13.0. The first-order chi connectivity index (χ1) is 8.52. The van der Waals surface area contributed by atoms with E-state index in [9.17, 15) is 4.79 Å². The number of methoxy groups -OCH3 is 1. The van der Waals surface area contributed by atoms with Crippen molar-refractivity contribution in [2.75, 3.05) is 7.11 Å². The van der Waals surface area contributed by atoms with Gasteiger partial charge in [-0.05, 0) is 38.1 Å². The lowest BCUT2D eigenvalue weighted by molar-refractivity contribution is -0.117. The molecular weight excluding hydrogens is 248 g/mol. The SMILES string of the molecule is COc1ccc(C2=NNC(C)(CC(C)=O)S2)cc1. The summed E-state index contributed by atoms with van der Waals surface area (Å²) in [5.74, 6) is 0.977. The van der Waals surface area contributed by atoms with Crippen LogP contribution in [0.1, 0.15) is 25.8 Å². The predicted molar refractivity (Wildman–Crippen MR) is 74.0 cm³/mol. The van der Waals surface area contributed by atoms with Gasteiger partial charge < -0.3 is 4.74 Å². The number of ketones is 1. The molecule has 1 N–H and O–H groups in total. The van der Waals surface area contributed by atoms with Crippen LogP contribution < -0.4 is 10.2 Å². The minimum absolute atomic E-state index is 0.156. The second-order valence-corrected chi connectivity index (χ2v) is 5.96. The summed E-state index contributed by atoms with van der Waals surface area (Å²) in [7, 11) is 1.64. The molecule has 1 heterocycles. The molecule has 1 atom stereocenters. The summed E-state index contributed by atoms with van der Waals surface area (Å²) in [6, 6.07) is 7.73. The number of rotatable bonds is 4. The van der Waals surface area contributed by atoms with Gasteiger partial charge in [-0.1, -0.05) is 11.8 Å². The van der Waals surface area contributed by atoms with Crippen LogP contribution in [-0.4, -0.2) is 22.8 Å². The van der Waals surface area contributed by atoms with Gasteiger partial charge in [-0.25, -0.2) is 0 Å². The van der Waals surface area contributed by atoms with Crippen molar-refractivity contribution in [2.45, 2.75) is 25.1 Å². The van der Waals surface area contributed by atoms with Crippen molar-refractivity contribution in [1.29, 1.82) is 0 Å². The third-order valence-corrected chi connectivity index (χ3v) is 3.85. The Balaban J connectivity index is 2.09. The van der Waals surface area contributed by atoms with Gasteiger partial charge in [-0.15, -0.1) is 0 Å². The first-order valence-electron chi connectivity index (χ1n) is 5.70. The van der Waals surface area contributed by atoms with E-state index >= 15 is 0 Å². The lowest BCUT2D eigenvalue weighted by atomic mass is 10.2. The Bertz CT molecular complexity index is 484. The highest BCUT2D eigenvalue weighted by Crippen LogP contribution is 2.34. The van der Waals surface area contributed by atoms with Crippen LogP contribution in [0.3, 0.4) is 0 Å². The fraction of sp³-hybridized carbons (Fsp3) is 0.385. The van der Waals surface area contributed by atoms with Crippen molar-refractivity contribution >= 4 is 22.6 Å². The molecular formula is C13H16N2O2S. The summed E-state index contributed by atoms with van der Waals surface area (Å²) in [6.45, 7) is 3.58. The van der Waals surface area contributed by atoms with E-state index in [0.717, 1.165) is 16.4 Å². The van der Waals surface area contributed by atoms with Gasteiger partial charge in [-0.3, -0.25) is 10.2 Å².